The van der Waals surface area contributed by atoms with Crippen LogP contribution in [0.4, 0.5) is 5.69 Å². The van der Waals surface area contributed by atoms with Gasteiger partial charge in [-0.15, -0.1) is 0 Å². The normalized spacial score (nSPS) is 12.3. The molecule has 1 N–H and O–H groups in total. The third-order valence-electron chi connectivity index (χ3n) is 1.91. The molecule has 0 radical (unpaired) electrons. The molecule has 0 heterocycles. The molecule has 1 aromatic rings. The Labute approximate surface area is 107 Å². The van der Waals surface area contributed by atoms with Gasteiger partial charge in [0.05, 0.1) is 10.7 Å². The summed E-state index contributed by atoms with van der Waals surface area (Å²) in [5, 5.41) is 3.22. The van der Waals surface area contributed by atoms with E-state index in [9.17, 15) is 4.79 Å². The minimum Gasteiger partial charge on any atom is -0.372 e. The quantitative estimate of drug-likeness (QED) is 0.860. The highest BCUT2D eigenvalue weighted by Gasteiger charge is 2.13. The molecule has 15 heavy (non-hydrogen) atoms. The second kappa shape index (κ2) is 5.67. The van der Waals surface area contributed by atoms with Gasteiger partial charge in [0.15, 0.2) is 0 Å². The van der Waals surface area contributed by atoms with Crippen LogP contribution in [0, 0.1) is 3.57 Å². The lowest BCUT2D eigenvalue weighted by molar-refractivity contribution is -0.124. The van der Waals surface area contributed by atoms with E-state index in [2.05, 4.69) is 27.9 Å². The number of halogens is 2. The largest absolute Gasteiger partial charge is 0.372 e. The number of rotatable bonds is 3. The van der Waals surface area contributed by atoms with Gasteiger partial charge in [0.1, 0.15) is 6.10 Å². The predicted molar refractivity (Wildman–Crippen MR) is 69.3 cm³/mol. The van der Waals surface area contributed by atoms with Crippen LogP contribution in [-0.2, 0) is 9.53 Å². The van der Waals surface area contributed by atoms with Crippen molar-refractivity contribution < 1.29 is 9.53 Å². The summed E-state index contributed by atoms with van der Waals surface area (Å²) >= 11 is 8.08. The minimum absolute atomic E-state index is 0.207. The van der Waals surface area contributed by atoms with Crippen LogP contribution >= 0.6 is 34.2 Å². The van der Waals surface area contributed by atoms with Crippen LogP contribution in [0.5, 0.6) is 0 Å². The highest BCUT2D eigenvalue weighted by atomic mass is 127. The minimum atomic E-state index is -0.487. The molecule has 0 bridgehead atoms. The van der Waals surface area contributed by atoms with Gasteiger partial charge in [-0.3, -0.25) is 4.79 Å². The third-order valence-corrected chi connectivity index (χ3v) is 2.91. The maximum absolute atomic E-state index is 11.5. The van der Waals surface area contributed by atoms with E-state index >= 15 is 0 Å². The monoisotopic (exact) mass is 339 g/mol. The van der Waals surface area contributed by atoms with E-state index in [4.69, 9.17) is 16.3 Å². The van der Waals surface area contributed by atoms with Crippen LogP contribution in [0.3, 0.4) is 0 Å². The van der Waals surface area contributed by atoms with Gasteiger partial charge in [-0.25, -0.2) is 0 Å². The first-order valence-electron chi connectivity index (χ1n) is 4.33. The summed E-state index contributed by atoms with van der Waals surface area (Å²) in [5.41, 5.74) is 0.609. The zero-order valence-electron chi connectivity index (χ0n) is 8.38. The van der Waals surface area contributed by atoms with Gasteiger partial charge in [-0.05, 0) is 47.7 Å². The number of anilines is 1. The Kier molecular flexibility index (Phi) is 4.82. The van der Waals surface area contributed by atoms with Gasteiger partial charge in [-0.2, -0.15) is 0 Å². The lowest BCUT2D eigenvalue weighted by Gasteiger charge is -2.11. The fraction of sp³-hybridized carbons (Fsp3) is 0.300. The van der Waals surface area contributed by atoms with Crippen LogP contribution in [0.1, 0.15) is 6.92 Å². The molecule has 1 unspecified atom stereocenters. The van der Waals surface area contributed by atoms with Crippen molar-refractivity contribution in [1.82, 2.24) is 0 Å². The molecule has 1 amide bonds. The van der Waals surface area contributed by atoms with Gasteiger partial charge in [0.2, 0.25) is 0 Å². The van der Waals surface area contributed by atoms with E-state index in [1.165, 1.54) is 7.11 Å². The van der Waals surface area contributed by atoms with E-state index in [-0.39, 0.29) is 5.91 Å². The molecule has 0 aliphatic rings. The topological polar surface area (TPSA) is 38.3 Å². The Morgan fingerprint density at radius 3 is 2.87 bits per heavy atom. The molecule has 0 saturated heterocycles. The number of hydrogen-bond donors (Lipinski definition) is 1. The van der Waals surface area contributed by atoms with Crippen molar-refractivity contribution in [3.05, 3.63) is 26.8 Å². The number of methoxy groups -OCH3 is 1. The van der Waals surface area contributed by atoms with E-state index in [1.807, 2.05) is 12.1 Å². The Morgan fingerprint density at radius 2 is 2.27 bits per heavy atom. The zero-order chi connectivity index (χ0) is 11.4. The van der Waals surface area contributed by atoms with Crippen LogP contribution in [-0.4, -0.2) is 19.1 Å². The van der Waals surface area contributed by atoms with Crippen LogP contribution in [0.2, 0.25) is 5.02 Å². The molecule has 0 aliphatic heterocycles. The van der Waals surface area contributed by atoms with Crippen molar-refractivity contribution in [2.45, 2.75) is 13.0 Å². The second-order valence-electron chi connectivity index (χ2n) is 2.99. The Hall–Kier alpha value is -0.330. The van der Waals surface area contributed by atoms with Gasteiger partial charge in [0.25, 0.3) is 5.91 Å². The standard InChI is InChI=1S/C10H11ClINO2/c1-6(15-2)10(14)13-9-5-7(12)3-4-8(9)11/h3-6H,1-2H3,(H,13,14). The summed E-state index contributed by atoms with van der Waals surface area (Å²) < 4.78 is 5.91. The average molecular weight is 340 g/mol. The Bertz CT molecular complexity index is 370. The van der Waals surface area contributed by atoms with Crippen LogP contribution < -0.4 is 5.32 Å². The molecule has 1 aromatic carbocycles. The number of carbonyl (C=O) groups excluding carboxylic acids is 1. The van der Waals surface area contributed by atoms with Crippen molar-refractivity contribution in [2.75, 3.05) is 12.4 Å². The summed E-state index contributed by atoms with van der Waals surface area (Å²) in [6.45, 7) is 1.68. The lowest BCUT2D eigenvalue weighted by Crippen LogP contribution is -2.26. The molecule has 1 atom stereocenters. The SMILES string of the molecule is COC(C)C(=O)Nc1cc(I)ccc1Cl. The number of ether oxygens (including phenoxy) is 1. The van der Waals surface area contributed by atoms with Gasteiger partial charge in [0, 0.05) is 10.7 Å². The van der Waals surface area contributed by atoms with Crippen LogP contribution in [0.25, 0.3) is 0 Å². The lowest BCUT2D eigenvalue weighted by atomic mass is 10.3. The van der Waals surface area contributed by atoms with Gasteiger partial charge in [-0.1, -0.05) is 11.6 Å². The molecule has 1 rings (SSSR count). The fourth-order valence-corrected chi connectivity index (χ4v) is 1.59. The molecule has 3 nitrogen and oxygen atoms in total. The van der Waals surface area contributed by atoms with Crippen molar-refractivity contribution in [1.29, 1.82) is 0 Å². The van der Waals surface area contributed by atoms with E-state index in [0.29, 0.717) is 10.7 Å². The average Bonchev–Trinajstić information content (AvgIpc) is 2.22. The Balaban J connectivity index is 2.80. The summed E-state index contributed by atoms with van der Waals surface area (Å²) in [5.74, 6) is -0.207. The highest BCUT2D eigenvalue weighted by Crippen LogP contribution is 2.23. The molecule has 5 heteroatoms. The summed E-state index contributed by atoms with van der Waals surface area (Å²) in [4.78, 5) is 11.5. The highest BCUT2D eigenvalue weighted by molar-refractivity contribution is 14.1. The van der Waals surface area contributed by atoms with Crippen molar-refractivity contribution >= 4 is 45.8 Å². The fourth-order valence-electron chi connectivity index (χ4n) is 0.935. The van der Waals surface area contributed by atoms with E-state index < -0.39 is 6.10 Å². The first-order valence-corrected chi connectivity index (χ1v) is 5.79. The van der Waals surface area contributed by atoms with E-state index in [1.54, 1.807) is 13.0 Å². The molecule has 0 saturated carbocycles. The van der Waals surface area contributed by atoms with Crippen molar-refractivity contribution in [3.8, 4) is 0 Å². The van der Waals surface area contributed by atoms with Crippen molar-refractivity contribution in [3.63, 3.8) is 0 Å². The summed E-state index contributed by atoms with van der Waals surface area (Å²) in [6, 6.07) is 5.43. The molecule has 82 valence electrons. The number of amides is 1. The van der Waals surface area contributed by atoms with Crippen LogP contribution in [0.15, 0.2) is 18.2 Å². The van der Waals surface area contributed by atoms with Crippen molar-refractivity contribution in [2.24, 2.45) is 0 Å². The Morgan fingerprint density at radius 1 is 1.60 bits per heavy atom. The predicted octanol–water partition coefficient (Wildman–Crippen LogP) is 2.92. The van der Waals surface area contributed by atoms with Gasteiger partial charge >= 0.3 is 0 Å². The number of benzene rings is 1. The molecular weight excluding hydrogens is 328 g/mol. The zero-order valence-corrected chi connectivity index (χ0v) is 11.3. The maximum atomic E-state index is 11.5. The second-order valence-corrected chi connectivity index (χ2v) is 4.64. The molecule has 0 fully saturated rings. The molecule has 0 aromatic heterocycles. The number of carbonyl (C=O) groups is 1. The molecule has 0 spiro atoms. The number of hydrogen-bond acceptors (Lipinski definition) is 2. The maximum Gasteiger partial charge on any atom is 0.253 e. The first-order chi connectivity index (χ1) is 7.04. The smallest absolute Gasteiger partial charge is 0.253 e. The van der Waals surface area contributed by atoms with E-state index in [0.717, 1.165) is 3.57 Å². The summed E-state index contributed by atoms with van der Waals surface area (Å²) in [7, 11) is 1.49. The van der Waals surface area contributed by atoms with Gasteiger partial charge < -0.3 is 10.1 Å². The molecule has 0 aliphatic carbocycles. The summed E-state index contributed by atoms with van der Waals surface area (Å²) in [6.07, 6.45) is -0.487. The molecular formula is C10H11ClINO2. The first kappa shape index (κ1) is 12.7. The third kappa shape index (κ3) is 3.62. The number of nitrogens with one attached hydrogen (secondary N) is 1.